The van der Waals surface area contributed by atoms with Crippen LogP contribution in [0, 0.1) is 15.5 Å². The molecule has 0 saturated carbocycles. The van der Waals surface area contributed by atoms with Gasteiger partial charge in [-0.25, -0.2) is 0 Å². The van der Waals surface area contributed by atoms with Gasteiger partial charge in [-0.15, -0.1) is 12.4 Å². The summed E-state index contributed by atoms with van der Waals surface area (Å²) in [6.07, 6.45) is 2.44. The van der Waals surface area contributed by atoms with Gasteiger partial charge in [0.25, 0.3) is 5.69 Å². The number of nitrogens with zero attached hydrogens (tertiary/aromatic N) is 2. The molecule has 1 aromatic carbocycles. The van der Waals surface area contributed by atoms with Crippen LogP contribution in [0.2, 0.25) is 0 Å². The van der Waals surface area contributed by atoms with Crippen molar-refractivity contribution >= 4 is 23.8 Å². The van der Waals surface area contributed by atoms with Crippen LogP contribution in [0.25, 0.3) is 0 Å². The van der Waals surface area contributed by atoms with Gasteiger partial charge in [-0.05, 0) is 30.4 Å². The molecule has 0 bridgehead atoms. The Hall–Kier alpha value is -1.33. The third-order valence-corrected chi connectivity index (χ3v) is 4.25. The van der Waals surface area contributed by atoms with Crippen LogP contribution < -0.4 is 10.2 Å². The van der Waals surface area contributed by atoms with E-state index in [9.17, 15) is 10.1 Å². The number of anilines is 1. The molecule has 1 N–H and O–H groups in total. The third kappa shape index (κ3) is 2.67. The summed E-state index contributed by atoms with van der Waals surface area (Å²) in [6.45, 7) is 4.42. The summed E-state index contributed by atoms with van der Waals surface area (Å²) in [7, 11) is 0. The van der Waals surface area contributed by atoms with Crippen molar-refractivity contribution in [2.75, 3.05) is 31.1 Å². The zero-order valence-electron chi connectivity index (χ0n) is 10.7. The number of non-ortho nitro benzene ring substituents is 1. The van der Waals surface area contributed by atoms with E-state index in [0.717, 1.165) is 31.9 Å². The van der Waals surface area contributed by atoms with E-state index in [1.54, 1.807) is 12.1 Å². The van der Waals surface area contributed by atoms with E-state index in [1.165, 1.54) is 12.8 Å². The highest BCUT2D eigenvalue weighted by Gasteiger charge is 2.39. The summed E-state index contributed by atoms with van der Waals surface area (Å²) in [5, 5.41) is 14.0. The molecule has 0 radical (unpaired) electrons. The van der Waals surface area contributed by atoms with E-state index in [0.29, 0.717) is 5.41 Å². The average Bonchev–Trinajstić information content (AvgIpc) is 2.37. The molecular formula is C13H18ClN3O2. The first-order valence-electron chi connectivity index (χ1n) is 6.39. The molecule has 0 aliphatic carbocycles. The summed E-state index contributed by atoms with van der Waals surface area (Å²) in [6, 6.07) is 6.89. The van der Waals surface area contributed by atoms with E-state index in [4.69, 9.17) is 0 Å². The van der Waals surface area contributed by atoms with Gasteiger partial charge in [0.2, 0.25) is 0 Å². The van der Waals surface area contributed by atoms with Crippen LogP contribution in [0.15, 0.2) is 24.3 Å². The fraction of sp³-hybridized carbons (Fsp3) is 0.538. The summed E-state index contributed by atoms with van der Waals surface area (Å²) >= 11 is 0. The predicted octanol–water partition coefficient (Wildman–Crippen LogP) is 2.21. The molecule has 2 aliphatic heterocycles. The van der Waals surface area contributed by atoms with Crippen molar-refractivity contribution in [1.82, 2.24) is 5.32 Å². The molecule has 2 saturated heterocycles. The van der Waals surface area contributed by atoms with E-state index < -0.39 is 0 Å². The number of nitrogens with one attached hydrogen (secondary N) is 1. The molecule has 2 fully saturated rings. The van der Waals surface area contributed by atoms with Crippen molar-refractivity contribution < 1.29 is 4.92 Å². The van der Waals surface area contributed by atoms with Gasteiger partial charge in [-0.2, -0.15) is 0 Å². The summed E-state index contributed by atoms with van der Waals surface area (Å²) in [5.74, 6) is 0. The number of rotatable bonds is 2. The molecule has 0 aromatic heterocycles. The fourth-order valence-corrected chi connectivity index (χ4v) is 2.86. The maximum atomic E-state index is 10.6. The Bertz CT molecular complexity index is 449. The zero-order chi connectivity index (χ0) is 12.6. The van der Waals surface area contributed by atoms with E-state index in [2.05, 4.69) is 10.2 Å². The minimum absolute atomic E-state index is 0. The Balaban J connectivity index is 0.00000133. The summed E-state index contributed by atoms with van der Waals surface area (Å²) < 4.78 is 0. The number of hydrogen-bond donors (Lipinski definition) is 1. The van der Waals surface area contributed by atoms with E-state index in [1.807, 2.05) is 12.1 Å². The number of halogens is 1. The second-order valence-corrected chi connectivity index (χ2v) is 5.36. The standard InChI is InChI=1S/C13H17N3O2.ClH/c17-16(18)12-3-1-11(2-4-12)15-7-5-13(6-8-15)9-14-10-13;/h1-4,14H,5-10H2;1H. The molecular weight excluding hydrogens is 266 g/mol. The topological polar surface area (TPSA) is 58.4 Å². The van der Waals surface area contributed by atoms with Crippen LogP contribution >= 0.6 is 12.4 Å². The SMILES string of the molecule is Cl.O=[N+]([O-])c1ccc(N2CCC3(CC2)CNC3)cc1. The van der Waals surface area contributed by atoms with E-state index in [-0.39, 0.29) is 23.0 Å². The number of piperidine rings is 1. The monoisotopic (exact) mass is 283 g/mol. The molecule has 104 valence electrons. The van der Waals surface area contributed by atoms with Crippen molar-refractivity contribution in [3.05, 3.63) is 34.4 Å². The van der Waals surface area contributed by atoms with Gasteiger partial charge in [0.15, 0.2) is 0 Å². The van der Waals surface area contributed by atoms with Gasteiger partial charge in [-0.1, -0.05) is 0 Å². The molecule has 0 amide bonds. The molecule has 19 heavy (non-hydrogen) atoms. The van der Waals surface area contributed by atoms with Crippen LogP contribution in [-0.4, -0.2) is 31.1 Å². The predicted molar refractivity (Wildman–Crippen MR) is 77.1 cm³/mol. The Kier molecular flexibility index (Phi) is 3.96. The maximum Gasteiger partial charge on any atom is 0.269 e. The summed E-state index contributed by atoms with van der Waals surface area (Å²) in [4.78, 5) is 12.6. The minimum atomic E-state index is -0.352. The van der Waals surface area contributed by atoms with Crippen LogP contribution in [0.4, 0.5) is 11.4 Å². The van der Waals surface area contributed by atoms with Crippen molar-refractivity contribution in [2.24, 2.45) is 5.41 Å². The van der Waals surface area contributed by atoms with E-state index >= 15 is 0 Å². The maximum absolute atomic E-state index is 10.6. The first-order valence-corrected chi connectivity index (χ1v) is 6.39. The van der Waals surface area contributed by atoms with Crippen molar-refractivity contribution in [3.8, 4) is 0 Å². The lowest BCUT2D eigenvalue weighted by Gasteiger charge is -2.48. The van der Waals surface area contributed by atoms with Crippen molar-refractivity contribution in [1.29, 1.82) is 0 Å². The number of nitro benzene ring substituents is 1. The molecule has 1 aromatic rings. The molecule has 3 rings (SSSR count). The smallest absolute Gasteiger partial charge is 0.269 e. The Morgan fingerprint density at radius 1 is 1.16 bits per heavy atom. The molecule has 6 heteroatoms. The lowest BCUT2D eigenvalue weighted by molar-refractivity contribution is -0.384. The van der Waals surface area contributed by atoms with Gasteiger partial charge in [-0.3, -0.25) is 10.1 Å². The van der Waals surface area contributed by atoms with Crippen LogP contribution in [0.1, 0.15) is 12.8 Å². The number of nitro groups is 1. The Labute approximate surface area is 118 Å². The first kappa shape index (κ1) is 14.1. The van der Waals surface area contributed by atoms with Gasteiger partial charge in [0.05, 0.1) is 4.92 Å². The largest absolute Gasteiger partial charge is 0.371 e. The van der Waals surface area contributed by atoms with Gasteiger partial charge >= 0.3 is 0 Å². The molecule has 2 aliphatic rings. The minimum Gasteiger partial charge on any atom is -0.371 e. The second kappa shape index (κ2) is 5.35. The van der Waals surface area contributed by atoms with Gasteiger partial charge < -0.3 is 10.2 Å². The quantitative estimate of drug-likeness (QED) is 0.668. The van der Waals surface area contributed by atoms with Gasteiger partial charge in [0, 0.05) is 44.0 Å². The summed E-state index contributed by atoms with van der Waals surface area (Å²) in [5.41, 5.74) is 1.80. The number of benzene rings is 1. The highest BCUT2D eigenvalue weighted by atomic mass is 35.5. The lowest BCUT2D eigenvalue weighted by atomic mass is 9.73. The van der Waals surface area contributed by atoms with Crippen molar-refractivity contribution in [2.45, 2.75) is 12.8 Å². The first-order chi connectivity index (χ1) is 8.69. The Morgan fingerprint density at radius 3 is 2.16 bits per heavy atom. The van der Waals surface area contributed by atoms with Crippen LogP contribution in [-0.2, 0) is 0 Å². The second-order valence-electron chi connectivity index (χ2n) is 5.36. The van der Waals surface area contributed by atoms with Crippen molar-refractivity contribution in [3.63, 3.8) is 0 Å². The third-order valence-electron chi connectivity index (χ3n) is 4.25. The highest BCUT2D eigenvalue weighted by Crippen LogP contribution is 2.36. The molecule has 2 heterocycles. The van der Waals surface area contributed by atoms with Gasteiger partial charge in [0.1, 0.15) is 0 Å². The molecule has 1 spiro atoms. The Morgan fingerprint density at radius 2 is 1.74 bits per heavy atom. The highest BCUT2D eigenvalue weighted by molar-refractivity contribution is 5.85. The normalized spacial score (nSPS) is 20.5. The van der Waals surface area contributed by atoms with Crippen LogP contribution in [0.5, 0.6) is 0 Å². The molecule has 0 atom stereocenters. The molecule has 0 unspecified atom stereocenters. The zero-order valence-corrected chi connectivity index (χ0v) is 11.5. The fourth-order valence-electron chi connectivity index (χ4n) is 2.86. The number of hydrogen-bond acceptors (Lipinski definition) is 4. The lowest BCUT2D eigenvalue weighted by Crippen LogP contribution is -2.58. The average molecular weight is 284 g/mol. The molecule has 5 nitrogen and oxygen atoms in total. The van der Waals surface area contributed by atoms with Crippen LogP contribution in [0.3, 0.4) is 0 Å².